The molecule has 1 saturated carbocycles. The molecule has 13 heavy (non-hydrogen) atoms. The highest BCUT2D eigenvalue weighted by atomic mass is 16.4. The van der Waals surface area contributed by atoms with E-state index in [2.05, 4.69) is 0 Å². The average molecular weight is 190 g/mol. The van der Waals surface area contributed by atoms with Gasteiger partial charge in [0.25, 0.3) is 0 Å². The van der Waals surface area contributed by atoms with Crippen molar-refractivity contribution in [2.75, 3.05) is 0 Å². The van der Waals surface area contributed by atoms with Gasteiger partial charge in [-0.25, -0.2) is 4.79 Å². The number of aliphatic hydroxyl groups excluding tert-OH is 2. The molecule has 0 aromatic carbocycles. The third-order valence-electron chi connectivity index (χ3n) is 2.11. The Labute approximate surface area is 73.4 Å². The van der Waals surface area contributed by atoms with Gasteiger partial charge in [-0.15, -0.1) is 0 Å². The van der Waals surface area contributed by atoms with E-state index in [0.717, 1.165) is 0 Å². The molecule has 0 spiro atoms. The molecule has 0 amide bonds. The molecule has 1 unspecified atom stereocenters. The zero-order valence-corrected chi connectivity index (χ0v) is 6.67. The van der Waals surface area contributed by atoms with E-state index in [4.69, 9.17) is 15.3 Å². The van der Waals surface area contributed by atoms with Crippen LogP contribution in [0.4, 0.5) is 0 Å². The van der Waals surface area contributed by atoms with Gasteiger partial charge in [0.2, 0.25) is 0 Å². The van der Waals surface area contributed by atoms with Gasteiger partial charge in [0.1, 0.15) is 6.10 Å². The summed E-state index contributed by atoms with van der Waals surface area (Å²) in [6.07, 6.45) is -4.29. The second kappa shape index (κ2) is 3.06. The predicted octanol–water partition coefficient (Wildman–Crippen LogP) is -2.11. The number of carbonyl (C=O) groups is 2. The number of hydrogen-bond acceptors (Lipinski definition) is 5. The van der Waals surface area contributed by atoms with Crippen molar-refractivity contribution in [3.63, 3.8) is 0 Å². The molecular weight excluding hydrogens is 180 g/mol. The van der Waals surface area contributed by atoms with Crippen molar-refractivity contribution in [2.24, 2.45) is 0 Å². The molecule has 0 aromatic heterocycles. The van der Waals surface area contributed by atoms with E-state index in [9.17, 15) is 14.7 Å². The van der Waals surface area contributed by atoms with Gasteiger partial charge in [0, 0.05) is 12.8 Å². The van der Waals surface area contributed by atoms with E-state index in [-0.39, 0.29) is 0 Å². The quantitative estimate of drug-likeness (QED) is 0.376. The van der Waals surface area contributed by atoms with Crippen LogP contribution in [0.1, 0.15) is 12.8 Å². The Balaban J connectivity index is 2.85. The van der Waals surface area contributed by atoms with E-state index < -0.39 is 42.4 Å². The number of ketones is 1. The number of rotatable bonds is 1. The van der Waals surface area contributed by atoms with Gasteiger partial charge in [0.05, 0.1) is 6.10 Å². The highest BCUT2D eigenvalue weighted by molar-refractivity contribution is 5.92. The van der Waals surface area contributed by atoms with Gasteiger partial charge in [-0.2, -0.15) is 0 Å². The smallest absolute Gasteiger partial charge is 0.336 e. The van der Waals surface area contributed by atoms with Gasteiger partial charge >= 0.3 is 5.97 Å². The maximum atomic E-state index is 10.9. The Kier molecular flexibility index (Phi) is 2.38. The Hall–Kier alpha value is -0.980. The lowest BCUT2D eigenvalue weighted by atomic mass is 9.81. The molecule has 0 bridgehead atoms. The van der Waals surface area contributed by atoms with Gasteiger partial charge in [-0.3, -0.25) is 4.79 Å². The summed E-state index contributed by atoms with van der Waals surface area (Å²) >= 11 is 0. The fourth-order valence-corrected chi connectivity index (χ4v) is 1.30. The van der Waals surface area contributed by atoms with Crippen LogP contribution in [0.5, 0.6) is 0 Å². The number of carboxylic acid groups (broad SMARTS) is 1. The number of aliphatic hydroxyl groups is 3. The van der Waals surface area contributed by atoms with Crippen molar-refractivity contribution < 1.29 is 30.0 Å². The van der Waals surface area contributed by atoms with Crippen LogP contribution < -0.4 is 0 Å². The second-order valence-electron chi connectivity index (χ2n) is 3.20. The fourth-order valence-electron chi connectivity index (χ4n) is 1.30. The first kappa shape index (κ1) is 10.1. The summed E-state index contributed by atoms with van der Waals surface area (Å²) < 4.78 is 0. The SMILES string of the molecule is O=C1CC(O)(C(=O)O)C[C@@H](O)[C@@H]1O. The first-order valence-corrected chi connectivity index (χ1v) is 3.71. The summed E-state index contributed by atoms with van der Waals surface area (Å²) in [5, 5.41) is 35.8. The molecule has 3 atom stereocenters. The third-order valence-corrected chi connectivity index (χ3v) is 2.11. The lowest BCUT2D eigenvalue weighted by Crippen LogP contribution is -2.54. The van der Waals surface area contributed by atoms with Crippen LogP contribution in [0, 0.1) is 0 Å². The van der Waals surface area contributed by atoms with Gasteiger partial charge in [0.15, 0.2) is 11.4 Å². The van der Waals surface area contributed by atoms with E-state index in [1.54, 1.807) is 0 Å². The maximum absolute atomic E-state index is 10.9. The Morgan fingerprint density at radius 3 is 2.38 bits per heavy atom. The van der Waals surface area contributed by atoms with Crippen molar-refractivity contribution in [2.45, 2.75) is 30.7 Å². The summed E-state index contributed by atoms with van der Waals surface area (Å²) in [5.41, 5.74) is -2.24. The molecule has 74 valence electrons. The molecule has 1 rings (SSSR count). The first-order chi connectivity index (χ1) is 5.87. The van der Waals surface area contributed by atoms with Gasteiger partial charge < -0.3 is 20.4 Å². The van der Waals surface area contributed by atoms with Crippen molar-refractivity contribution in [3.05, 3.63) is 0 Å². The monoisotopic (exact) mass is 190 g/mol. The lowest BCUT2D eigenvalue weighted by molar-refractivity contribution is -0.176. The molecule has 1 aliphatic rings. The maximum Gasteiger partial charge on any atom is 0.336 e. The highest BCUT2D eigenvalue weighted by Crippen LogP contribution is 2.26. The minimum Gasteiger partial charge on any atom is -0.479 e. The zero-order chi connectivity index (χ0) is 10.2. The van der Waals surface area contributed by atoms with Crippen LogP contribution in [0.15, 0.2) is 0 Å². The van der Waals surface area contributed by atoms with Crippen LogP contribution in [0.3, 0.4) is 0 Å². The highest BCUT2D eigenvalue weighted by Gasteiger charge is 2.48. The van der Waals surface area contributed by atoms with Crippen LogP contribution in [-0.2, 0) is 9.59 Å². The predicted molar refractivity (Wildman–Crippen MR) is 38.8 cm³/mol. The van der Waals surface area contributed by atoms with E-state index in [1.165, 1.54) is 0 Å². The van der Waals surface area contributed by atoms with Crippen LogP contribution in [-0.4, -0.2) is 50.0 Å². The van der Waals surface area contributed by atoms with Crippen molar-refractivity contribution in [1.82, 2.24) is 0 Å². The topological polar surface area (TPSA) is 115 Å². The normalized spacial score (nSPS) is 40.4. The lowest BCUT2D eigenvalue weighted by Gasteiger charge is -2.32. The van der Waals surface area contributed by atoms with E-state index in [1.807, 2.05) is 0 Å². The summed E-state index contributed by atoms with van der Waals surface area (Å²) in [6.45, 7) is 0. The minimum absolute atomic E-state index is 0.532. The summed E-state index contributed by atoms with van der Waals surface area (Å²) in [6, 6.07) is 0. The average Bonchev–Trinajstić information content (AvgIpc) is 2.00. The molecule has 0 heterocycles. The van der Waals surface area contributed by atoms with Crippen molar-refractivity contribution >= 4 is 11.8 Å². The standard InChI is InChI=1S/C7H10O6/c8-3-1-7(13,6(11)12)2-4(9)5(3)10/h3,5,8,10,13H,1-2H2,(H,11,12)/t3-,5+,7?/m1/s1. The van der Waals surface area contributed by atoms with Crippen molar-refractivity contribution in [3.8, 4) is 0 Å². The number of carbonyl (C=O) groups excluding carboxylic acids is 1. The Morgan fingerprint density at radius 2 is 2.00 bits per heavy atom. The van der Waals surface area contributed by atoms with E-state index >= 15 is 0 Å². The molecule has 0 radical (unpaired) electrons. The number of carboxylic acids is 1. The molecule has 0 saturated heterocycles. The molecule has 0 aromatic rings. The van der Waals surface area contributed by atoms with Crippen LogP contribution in [0.2, 0.25) is 0 Å². The summed E-state index contributed by atoms with van der Waals surface area (Å²) in [7, 11) is 0. The molecule has 6 heteroatoms. The second-order valence-corrected chi connectivity index (χ2v) is 3.20. The number of hydrogen-bond donors (Lipinski definition) is 4. The molecular formula is C7H10O6. The largest absolute Gasteiger partial charge is 0.479 e. The minimum atomic E-state index is -2.24. The fraction of sp³-hybridized carbons (Fsp3) is 0.714. The van der Waals surface area contributed by atoms with E-state index in [0.29, 0.717) is 0 Å². The molecule has 1 fully saturated rings. The molecule has 0 aliphatic heterocycles. The Bertz CT molecular complexity index is 249. The third kappa shape index (κ3) is 1.69. The first-order valence-electron chi connectivity index (χ1n) is 3.71. The van der Waals surface area contributed by atoms with Crippen LogP contribution >= 0.6 is 0 Å². The van der Waals surface area contributed by atoms with Crippen LogP contribution in [0.25, 0.3) is 0 Å². The molecule has 6 nitrogen and oxygen atoms in total. The molecule has 4 N–H and O–H groups in total. The van der Waals surface area contributed by atoms with Gasteiger partial charge in [-0.1, -0.05) is 0 Å². The summed E-state index contributed by atoms with van der Waals surface area (Å²) in [5.74, 6) is -2.42. The number of Topliss-reactive ketones (excluding diaryl/α,β-unsaturated/α-hetero) is 1. The number of aliphatic carboxylic acids is 1. The van der Waals surface area contributed by atoms with Gasteiger partial charge in [-0.05, 0) is 0 Å². The molecule has 1 aliphatic carbocycles. The van der Waals surface area contributed by atoms with Crippen molar-refractivity contribution in [1.29, 1.82) is 0 Å². The zero-order valence-electron chi connectivity index (χ0n) is 6.67. The Morgan fingerprint density at radius 1 is 1.46 bits per heavy atom. The summed E-state index contributed by atoms with van der Waals surface area (Å²) in [4.78, 5) is 21.4.